The van der Waals surface area contributed by atoms with Crippen molar-refractivity contribution in [3.63, 3.8) is 0 Å². The number of carbonyl (C=O) groups excluding carboxylic acids is 1. The van der Waals surface area contributed by atoms with E-state index in [2.05, 4.69) is 0 Å². The van der Waals surface area contributed by atoms with E-state index >= 15 is 0 Å². The number of aldehydes is 1. The Labute approximate surface area is 85.6 Å². The summed E-state index contributed by atoms with van der Waals surface area (Å²) >= 11 is 0. The van der Waals surface area contributed by atoms with Crippen molar-refractivity contribution in [2.45, 2.75) is 6.43 Å². The topological polar surface area (TPSA) is 35.5 Å². The second kappa shape index (κ2) is 4.72. The molecule has 0 N–H and O–H groups in total. The van der Waals surface area contributed by atoms with Gasteiger partial charge >= 0.3 is 0 Å². The fourth-order valence-electron chi connectivity index (χ4n) is 1.23. The van der Waals surface area contributed by atoms with Crippen LogP contribution in [0.2, 0.25) is 0 Å². The van der Waals surface area contributed by atoms with Crippen LogP contribution in [-0.4, -0.2) is 20.5 Å². The first-order valence-electron chi connectivity index (χ1n) is 4.13. The Balaban J connectivity index is 3.35. The van der Waals surface area contributed by atoms with Crippen molar-refractivity contribution in [1.82, 2.24) is 0 Å². The lowest BCUT2D eigenvalue weighted by molar-refractivity contribution is 0.111. The van der Waals surface area contributed by atoms with Gasteiger partial charge in [0.2, 0.25) is 0 Å². The van der Waals surface area contributed by atoms with E-state index in [1.165, 1.54) is 14.2 Å². The lowest BCUT2D eigenvalue weighted by Gasteiger charge is -2.11. The van der Waals surface area contributed by atoms with Gasteiger partial charge in [0, 0.05) is 5.56 Å². The van der Waals surface area contributed by atoms with Gasteiger partial charge in [-0.1, -0.05) is 0 Å². The van der Waals surface area contributed by atoms with Crippen molar-refractivity contribution >= 4 is 6.29 Å². The first kappa shape index (κ1) is 11.4. The Morgan fingerprint density at radius 1 is 1.27 bits per heavy atom. The number of hydrogen-bond acceptors (Lipinski definition) is 3. The van der Waals surface area contributed by atoms with Gasteiger partial charge < -0.3 is 9.47 Å². The van der Waals surface area contributed by atoms with Gasteiger partial charge in [-0.2, -0.15) is 0 Å². The second-order valence-electron chi connectivity index (χ2n) is 2.76. The van der Waals surface area contributed by atoms with Gasteiger partial charge in [-0.25, -0.2) is 8.78 Å². The maximum atomic E-state index is 12.4. The highest BCUT2D eigenvalue weighted by atomic mass is 19.3. The first-order chi connectivity index (χ1) is 7.13. The Hall–Kier alpha value is -1.65. The fourth-order valence-corrected chi connectivity index (χ4v) is 1.23. The van der Waals surface area contributed by atoms with E-state index in [0.717, 1.165) is 12.1 Å². The van der Waals surface area contributed by atoms with Crippen molar-refractivity contribution in [2.75, 3.05) is 14.2 Å². The summed E-state index contributed by atoms with van der Waals surface area (Å²) in [5.74, 6) is 0.286. The quantitative estimate of drug-likeness (QED) is 0.725. The van der Waals surface area contributed by atoms with Gasteiger partial charge in [-0.15, -0.1) is 0 Å². The van der Waals surface area contributed by atoms with Gasteiger partial charge in [-0.05, 0) is 12.1 Å². The van der Waals surface area contributed by atoms with Crippen LogP contribution in [0.3, 0.4) is 0 Å². The number of alkyl halides is 2. The smallest absolute Gasteiger partial charge is 0.264 e. The summed E-state index contributed by atoms with van der Waals surface area (Å²) in [5, 5.41) is 0. The molecule has 0 aromatic heterocycles. The van der Waals surface area contributed by atoms with Gasteiger partial charge in [-0.3, -0.25) is 4.79 Å². The molecular weight excluding hydrogens is 206 g/mol. The van der Waals surface area contributed by atoms with Gasteiger partial charge in [0.15, 0.2) is 17.8 Å². The lowest BCUT2D eigenvalue weighted by Crippen LogP contribution is -1.98. The van der Waals surface area contributed by atoms with Crippen LogP contribution in [0.5, 0.6) is 11.5 Å². The zero-order valence-electron chi connectivity index (χ0n) is 8.29. The van der Waals surface area contributed by atoms with Crippen LogP contribution in [0.4, 0.5) is 8.78 Å². The molecule has 0 radical (unpaired) electrons. The highest BCUT2D eigenvalue weighted by Crippen LogP contribution is 2.34. The molecule has 1 rings (SSSR count). The summed E-state index contributed by atoms with van der Waals surface area (Å²) in [6.45, 7) is 0. The molecule has 1 aromatic rings. The summed E-state index contributed by atoms with van der Waals surface area (Å²) in [6, 6.07) is 2.23. The van der Waals surface area contributed by atoms with Crippen LogP contribution in [0.15, 0.2) is 12.1 Å². The van der Waals surface area contributed by atoms with Crippen LogP contribution < -0.4 is 9.47 Å². The largest absolute Gasteiger partial charge is 0.493 e. The van der Waals surface area contributed by atoms with E-state index in [1.54, 1.807) is 0 Å². The molecule has 3 nitrogen and oxygen atoms in total. The molecule has 0 aliphatic rings. The van der Waals surface area contributed by atoms with Crippen molar-refractivity contribution in [2.24, 2.45) is 0 Å². The third kappa shape index (κ3) is 2.23. The van der Waals surface area contributed by atoms with E-state index in [0.29, 0.717) is 6.29 Å². The van der Waals surface area contributed by atoms with Crippen molar-refractivity contribution in [3.8, 4) is 11.5 Å². The van der Waals surface area contributed by atoms with E-state index in [9.17, 15) is 13.6 Å². The molecule has 0 bridgehead atoms. The molecule has 0 saturated heterocycles. The molecule has 0 saturated carbocycles. The van der Waals surface area contributed by atoms with E-state index in [4.69, 9.17) is 9.47 Å². The highest BCUT2D eigenvalue weighted by molar-refractivity contribution is 5.81. The molecule has 82 valence electrons. The third-order valence-electron chi connectivity index (χ3n) is 1.91. The maximum absolute atomic E-state index is 12.4. The summed E-state index contributed by atoms with van der Waals surface area (Å²) in [4.78, 5) is 10.6. The van der Waals surface area contributed by atoms with E-state index in [1.807, 2.05) is 0 Å². The minimum atomic E-state index is -2.65. The molecule has 0 atom stereocenters. The minimum absolute atomic E-state index is 0.0483. The molecule has 0 aliphatic carbocycles. The van der Waals surface area contributed by atoms with E-state index < -0.39 is 6.43 Å². The number of carbonyl (C=O) groups is 1. The molecule has 0 amide bonds. The molecule has 0 fully saturated rings. The molecule has 5 heteroatoms. The summed E-state index contributed by atoms with van der Waals surface area (Å²) < 4.78 is 34.6. The van der Waals surface area contributed by atoms with Crippen LogP contribution in [0.1, 0.15) is 22.3 Å². The summed E-state index contributed by atoms with van der Waals surface area (Å²) in [6.07, 6.45) is -2.20. The predicted molar refractivity (Wildman–Crippen MR) is 49.9 cm³/mol. The van der Waals surface area contributed by atoms with Crippen molar-refractivity contribution < 1.29 is 23.0 Å². The van der Waals surface area contributed by atoms with Gasteiger partial charge in [0.05, 0.1) is 19.8 Å². The van der Waals surface area contributed by atoms with Gasteiger partial charge in [0.25, 0.3) is 6.43 Å². The first-order valence-corrected chi connectivity index (χ1v) is 4.13. The summed E-state index contributed by atoms with van der Waals surface area (Å²) in [7, 11) is 2.66. The number of ether oxygens (including phenoxy) is 2. The number of hydrogen-bond donors (Lipinski definition) is 0. The van der Waals surface area contributed by atoms with Crippen molar-refractivity contribution in [1.29, 1.82) is 0 Å². The molecule has 15 heavy (non-hydrogen) atoms. The average molecular weight is 216 g/mol. The zero-order valence-corrected chi connectivity index (χ0v) is 8.29. The molecule has 1 aromatic carbocycles. The number of halogens is 2. The Kier molecular flexibility index (Phi) is 3.60. The SMILES string of the molecule is COc1cc(C(F)F)cc(C=O)c1OC. The van der Waals surface area contributed by atoms with Gasteiger partial charge in [0.1, 0.15) is 0 Å². The molecule has 0 aliphatic heterocycles. The molecule has 0 unspecified atom stereocenters. The fraction of sp³-hybridized carbons (Fsp3) is 0.300. The number of rotatable bonds is 4. The monoisotopic (exact) mass is 216 g/mol. The minimum Gasteiger partial charge on any atom is -0.493 e. The Bertz CT molecular complexity index is 364. The standard InChI is InChI=1S/C10H10F2O3/c1-14-8-4-6(10(11)12)3-7(5-13)9(8)15-2/h3-5,10H,1-2H3. The predicted octanol–water partition coefficient (Wildman–Crippen LogP) is 2.45. The lowest BCUT2D eigenvalue weighted by atomic mass is 10.1. The summed E-state index contributed by atoms with van der Waals surface area (Å²) in [5.41, 5.74) is -0.220. The van der Waals surface area contributed by atoms with Crippen LogP contribution in [0.25, 0.3) is 0 Å². The molecule has 0 heterocycles. The average Bonchev–Trinajstić information content (AvgIpc) is 2.26. The third-order valence-corrected chi connectivity index (χ3v) is 1.91. The number of methoxy groups -OCH3 is 2. The Morgan fingerprint density at radius 2 is 1.93 bits per heavy atom. The van der Waals surface area contributed by atoms with Crippen LogP contribution >= 0.6 is 0 Å². The van der Waals surface area contributed by atoms with E-state index in [-0.39, 0.29) is 22.6 Å². The van der Waals surface area contributed by atoms with Crippen LogP contribution in [0, 0.1) is 0 Å². The second-order valence-corrected chi connectivity index (χ2v) is 2.76. The maximum Gasteiger partial charge on any atom is 0.264 e. The molecule has 0 spiro atoms. The normalized spacial score (nSPS) is 10.2. The number of benzene rings is 1. The highest BCUT2D eigenvalue weighted by Gasteiger charge is 2.16. The molecular formula is C10H10F2O3. The van der Waals surface area contributed by atoms with Crippen LogP contribution in [-0.2, 0) is 0 Å². The Morgan fingerprint density at radius 3 is 2.33 bits per heavy atom. The van der Waals surface area contributed by atoms with Crippen molar-refractivity contribution in [3.05, 3.63) is 23.3 Å². The zero-order chi connectivity index (χ0) is 11.4.